The van der Waals surface area contributed by atoms with E-state index in [1.54, 1.807) is 7.11 Å². The topological polar surface area (TPSA) is 26.3 Å². The Morgan fingerprint density at radius 3 is 2.37 bits per heavy atom. The predicted molar refractivity (Wildman–Crippen MR) is 80.9 cm³/mol. The second kappa shape index (κ2) is 5.49. The minimum absolute atomic E-state index is 0.194. The van der Waals surface area contributed by atoms with E-state index in [1.807, 2.05) is 32.9 Å². The molecule has 0 aromatic heterocycles. The lowest BCUT2D eigenvalue weighted by atomic mass is 9.98. The summed E-state index contributed by atoms with van der Waals surface area (Å²) in [5, 5.41) is 0. The molecule has 0 bridgehead atoms. The molecule has 0 aliphatic heterocycles. The van der Waals surface area contributed by atoms with E-state index in [-0.39, 0.29) is 4.75 Å². The molecular formula is C16H22O2S. The molecule has 0 radical (unpaired) electrons. The van der Waals surface area contributed by atoms with Gasteiger partial charge in [0, 0.05) is 15.6 Å². The summed E-state index contributed by atoms with van der Waals surface area (Å²) in [5.74, 6) is 1.16. The van der Waals surface area contributed by atoms with E-state index in [4.69, 9.17) is 4.74 Å². The lowest BCUT2D eigenvalue weighted by Gasteiger charge is -2.23. The molecule has 2 rings (SSSR count). The largest absolute Gasteiger partial charge is 0.497 e. The van der Waals surface area contributed by atoms with Crippen LogP contribution < -0.4 is 4.74 Å². The van der Waals surface area contributed by atoms with Crippen molar-refractivity contribution in [2.24, 2.45) is 0 Å². The predicted octanol–water partition coefficient (Wildman–Crippen LogP) is 4.00. The van der Waals surface area contributed by atoms with E-state index in [9.17, 15) is 4.21 Å². The smallest absolute Gasteiger partial charge is 0.118 e. The van der Waals surface area contributed by atoms with Gasteiger partial charge in [-0.05, 0) is 51.3 Å². The summed E-state index contributed by atoms with van der Waals surface area (Å²) < 4.78 is 17.6. The van der Waals surface area contributed by atoms with Crippen LogP contribution in [-0.2, 0) is 10.8 Å². The van der Waals surface area contributed by atoms with E-state index in [2.05, 4.69) is 18.2 Å². The minimum Gasteiger partial charge on any atom is -0.497 e. The maximum Gasteiger partial charge on any atom is 0.118 e. The summed E-state index contributed by atoms with van der Waals surface area (Å²) in [7, 11) is 0.751. The molecule has 1 aromatic carbocycles. The first kappa shape index (κ1) is 14.3. The summed E-state index contributed by atoms with van der Waals surface area (Å²) in [6, 6.07) is 8.13. The highest BCUT2D eigenvalue weighted by molar-refractivity contribution is 7.90. The van der Waals surface area contributed by atoms with Gasteiger partial charge in [0.2, 0.25) is 0 Å². The van der Waals surface area contributed by atoms with Crippen molar-refractivity contribution < 1.29 is 8.95 Å². The number of ether oxygens (including phenoxy) is 1. The van der Waals surface area contributed by atoms with Gasteiger partial charge in [-0.3, -0.25) is 4.21 Å². The molecule has 19 heavy (non-hydrogen) atoms. The van der Waals surface area contributed by atoms with Crippen LogP contribution in [0.2, 0.25) is 0 Å². The van der Waals surface area contributed by atoms with Gasteiger partial charge >= 0.3 is 0 Å². The standard InChI is InChI=1S/C16H22O2S/c1-16(2,3)19(17)15-7-5-6-14(15)12-8-10-13(18-4)11-9-12/h7-11,14H,5-6H2,1-4H3/t14-,19-/m0/s1. The third-order valence-corrected chi connectivity index (χ3v) is 5.42. The number of hydrogen-bond donors (Lipinski definition) is 0. The number of allylic oxidation sites excluding steroid dienone is 2. The van der Waals surface area contributed by atoms with E-state index < -0.39 is 10.8 Å². The summed E-state index contributed by atoms with van der Waals surface area (Å²) in [4.78, 5) is 1.10. The molecule has 104 valence electrons. The first-order chi connectivity index (χ1) is 8.93. The van der Waals surface area contributed by atoms with Gasteiger partial charge in [0.15, 0.2) is 0 Å². The van der Waals surface area contributed by atoms with E-state index in [0.29, 0.717) is 5.92 Å². The SMILES string of the molecule is COc1ccc([C@@H]2CCC=C2[S@](=O)C(C)(C)C)cc1. The molecule has 0 saturated carbocycles. The van der Waals surface area contributed by atoms with Crippen molar-refractivity contribution in [3.8, 4) is 5.75 Å². The molecule has 1 aromatic rings. The summed E-state index contributed by atoms with van der Waals surface area (Å²) in [5.41, 5.74) is 1.24. The van der Waals surface area contributed by atoms with Gasteiger partial charge in [0.25, 0.3) is 0 Å². The van der Waals surface area contributed by atoms with E-state index in [0.717, 1.165) is 23.5 Å². The van der Waals surface area contributed by atoms with E-state index in [1.165, 1.54) is 5.56 Å². The number of methoxy groups -OCH3 is 1. The van der Waals surface area contributed by atoms with Gasteiger partial charge in [0.05, 0.1) is 17.9 Å². The van der Waals surface area contributed by atoms with Crippen LogP contribution in [0.4, 0.5) is 0 Å². The molecule has 0 N–H and O–H groups in total. The molecule has 2 atom stereocenters. The summed E-state index contributed by atoms with van der Waals surface area (Å²) in [6.45, 7) is 6.11. The lowest BCUT2D eigenvalue weighted by molar-refractivity contribution is 0.414. The van der Waals surface area contributed by atoms with Crippen LogP contribution in [0.3, 0.4) is 0 Å². The number of hydrogen-bond acceptors (Lipinski definition) is 2. The van der Waals surface area contributed by atoms with E-state index >= 15 is 0 Å². The maximum atomic E-state index is 12.6. The van der Waals surface area contributed by atoms with Crippen LogP contribution in [-0.4, -0.2) is 16.1 Å². The Kier molecular flexibility index (Phi) is 4.14. The third-order valence-electron chi connectivity index (χ3n) is 3.43. The molecule has 0 amide bonds. The molecule has 0 spiro atoms. The second-order valence-corrected chi connectivity index (χ2v) is 8.12. The molecule has 0 unspecified atom stereocenters. The van der Waals surface area contributed by atoms with Gasteiger partial charge in [-0.2, -0.15) is 0 Å². The van der Waals surface area contributed by atoms with Gasteiger partial charge in [-0.25, -0.2) is 0 Å². The van der Waals surface area contributed by atoms with Gasteiger partial charge in [0.1, 0.15) is 5.75 Å². The van der Waals surface area contributed by atoms with Crippen molar-refractivity contribution in [1.82, 2.24) is 0 Å². The average molecular weight is 278 g/mol. The molecular weight excluding hydrogens is 256 g/mol. The summed E-state index contributed by atoms with van der Waals surface area (Å²) in [6.07, 6.45) is 4.24. The zero-order chi connectivity index (χ0) is 14.0. The highest BCUT2D eigenvalue weighted by Crippen LogP contribution is 2.40. The van der Waals surface area contributed by atoms with Crippen LogP contribution in [0.5, 0.6) is 5.75 Å². The Balaban J connectivity index is 2.25. The Bertz CT molecular complexity index is 494. The third kappa shape index (κ3) is 3.08. The van der Waals surface area contributed by atoms with Crippen molar-refractivity contribution in [3.63, 3.8) is 0 Å². The zero-order valence-electron chi connectivity index (χ0n) is 12.1. The molecule has 0 saturated heterocycles. The Hall–Kier alpha value is -1.09. The molecule has 0 heterocycles. The van der Waals surface area contributed by atoms with Crippen LogP contribution in [0.25, 0.3) is 0 Å². The molecule has 1 aliphatic rings. The first-order valence-electron chi connectivity index (χ1n) is 6.69. The quantitative estimate of drug-likeness (QED) is 0.835. The molecule has 3 heteroatoms. The fraction of sp³-hybridized carbons (Fsp3) is 0.500. The molecule has 2 nitrogen and oxygen atoms in total. The number of benzene rings is 1. The fourth-order valence-electron chi connectivity index (χ4n) is 2.40. The monoisotopic (exact) mass is 278 g/mol. The van der Waals surface area contributed by atoms with Crippen molar-refractivity contribution in [1.29, 1.82) is 0 Å². The van der Waals surface area contributed by atoms with Crippen molar-refractivity contribution >= 4 is 10.8 Å². The van der Waals surface area contributed by atoms with Gasteiger partial charge < -0.3 is 4.74 Å². The fourth-order valence-corrected chi connectivity index (χ4v) is 3.89. The minimum atomic E-state index is -0.920. The van der Waals surface area contributed by atoms with Crippen molar-refractivity contribution in [3.05, 3.63) is 40.8 Å². The van der Waals surface area contributed by atoms with Crippen LogP contribution in [0.1, 0.15) is 45.1 Å². The maximum absolute atomic E-state index is 12.6. The second-order valence-electron chi connectivity index (χ2n) is 5.89. The highest BCUT2D eigenvalue weighted by Gasteiger charge is 2.31. The summed E-state index contributed by atoms with van der Waals surface area (Å²) >= 11 is 0. The van der Waals surface area contributed by atoms with Gasteiger partial charge in [-0.1, -0.05) is 18.2 Å². The van der Waals surface area contributed by atoms with Crippen LogP contribution in [0.15, 0.2) is 35.2 Å². The Labute approximate surface area is 118 Å². The van der Waals surface area contributed by atoms with Crippen LogP contribution >= 0.6 is 0 Å². The zero-order valence-corrected chi connectivity index (χ0v) is 12.9. The molecule has 0 fully saturated rings. The van der Waals surface area contributed by atoms with Crippen molar-refractivity contribution in [2.75, 3.05) is 7.11 Å². The molecule has 1 aliphatic carbocycles. The number of rotatable bonds is 3. The lowest BCUT2D eigenvalue weighted by Crippen LogP contribution is -2.24. The Morgan fingerprint density at radius 1 is 1.21 bits per heavy atom. The van der Waals surface area contributed by atoms with Gasteiger partial charge in [-0.15, -0.1) is 0 Å². The highest BCUT2D eigenvalue weighted by atomic mass is 32.2. The average Bonchev–Trinajstić information content (AvgIpc) is 2.85. The normalized spacial score (nSPS) is 21.1. The van der Waals surface area contributed by atoms with Crippen LogP contribution in [0, 0.1) is 0 Å². The van der Waals surface area contributed by atoms with Crippen molar-refractivity contribution in [2.45, 2.75) is 44.3 Å². The Morgan fingerprint density at radius 2 is 1.84 bits per heavy atom. The first-order valence-corrected chi connectivity index (χ1v) is 7.84.